The number of rotatable bonds is 11. The molecule has 0 radical (unpaired) electrons. The van der Waals surface area contributed by atoms with Gasteiger partial charge in [0.15, 0.2) is 0 Å². The Labute approximate surface area is 204 Å². The molecule has 2 unspecified atom stereocenters. The average Bonchev–Trinajstić information content (AvgIpc) is 2.81. The standard InChI is InChI=1S/C28H30FNO5/c1-18(2)26-14-24(35-17-19-4-3-11-30-16-19)15-27(20-5-7-21(29)8-6-20)25(26)10-9-22(31)12-23(32)13-28(33)34/h3-11,14-16,18,22-23,31-32H,12-13,17H2,1-2H3,(H,33,34)/b10-9+. The highest BCUT2D eigenvalue weighted by molar-refractivity contribution is 5.79. The molecule has 0 aliphatic carbocycles. The molecule has 2 atom stereocenters. The maximum absolute atomic E-state index is 13.6. The highest BCUT2D eigenvalue weighted by Gasteiger charge is 2.17. The normalized spacial score (nSPS) is 13.2. The molecule has 7 heteroatoms. The van der Waals surface area contributed by atoms with Gasteiger partial charge in [0.25, 0.3) is 0 Å². The van der Waals surface area contributed by atoms with Crippen LogP contribution < -0.4 is 4.74 Å². The Hall–Kier alpha value is -3.55. The first-order valence-electron chi connectivity index (χ1n) is 11.4. The Kier molecular flexibility index (Phi) is 9.11. The zero-order chi connectivity index (χ0) is 25.4. The van der Waals surface area contributed by atoms with Crippen LogP contribution in [0.1, 0.15) is 49.3 Å². The van der Waals surface area contributed by atoms with Crippen molar-refractivity contribution in [3.63, 3.8) is 0 Å². The fraction of sp³-hybridized carbons (Fsp3) is 0.286. The van der Waals surface area contributed by atoms with E-state index >= 15 is 0 Å². The highest BCUT2D eigenvalue weighted by atomic mass is 19.1. The lowest BCUT2D eigenvalue weighted by Gasteiger charge is -2.19. The average molecular weight is 480 g/mol. The van der Waals surface area contributed by atoms with Crippen molar-refractivity contribution in [2.75, 3.05) is 0 Å². The molecule has 184 valence electrons. The predicted octanol–water partition coefficient (Wildman–Crippen LogP) is 5.19. The second-order valence-electron chi connectivity index (χ2n) is 8.70. The number of carbonyl (C=O) groups is 1. The molecule has 0 fully saturated rings. The maximum Gasteiger partial charge on any atom is 0.305 e. The molecule has 3 rings (SSSR count). The number of carboxylic acids is 1. The number of hydrogen-bond donors (Lipinski definition) is 3. The SMILES string of the molecule is CC(C)c1cc(OCc2cccnc2)cc(-c2ccc(F)cc2)c1/C=C/C(O)CC(O)CC(=O)O. The number of carboxylic acid groups (broad SMARTS) is 1. The van der Waals surface area contributed by atoms with Crippen LogP contribution in [0.2, 0.25) is 0 Å². The smallest absolute Gasteiger partial charge is 0.305 e. The Balaban J connectivity index is 1.98. The summed E-state index contributed by atoms with van der Waals surface area (Å²) < 4.78 is 19.7. The largest absolute Gasteiger partial charge is 0.489 e. The van der Waals surface area contributed by atoms with Crippen molar-refractivity contribution in [1.82, 2.24) is 4.98 Å². The first-order valence-corrected chi connectivity index (χ1v) is 11.4. The van der Waals surface area contributed by atoms with Gasteiger partial charge in [0.05, 0.1) is 18.6 Å². The van der Waals surface area contributed by atoms with E-state index in [9.17, 15) is 19.4 Å². The summed E-state index contributed by atoms with van der Waals surface area (Å²) in [6.45, 7) is 4.42. The van der Waals surface area contributed by atoms with Crippen molar-refractivity contribution in [2.45, 2.75) is 51.4 Å². The van der Waals surface area contributed by atoms with Crippen molar-refractivity contribution in [3.05, 3.63) is 89.5 Å². The van der Waals surface area contributed by atoms with Crippen molar-refractivity contribution in [3.8, 4) is 16.9 Å². The Bertz CT molecular complexity index is 1150. The summed E-state index contributed by atoms with van der Waals surface area (Å²) in [5.74, 6) is -0.727. The topological polar surface area (TPSA) is 99.9 Å². The minimum atomic E-state index is -1.16. The molecule has 0 saturated heterocycles. The van der Waals surface area contributed by atoms with Gasteiger partial charge in [0.2, 0.25) is 0 Å². The molecule has 1 heterocycles. The number of aliphatic hydroxyl groups excluding tert-OH is 2. The lowest BCUT2D eigenvalue weighted by atomic mass is 9.89. The van der Waals surface area contributed by atoms with Crippen LogP contribution in [0.4, 0.5) is 4.39 Å². The number of benzene rings is 2. The predicted molar refractivity (Wildman–Crippen MR) is 132 cm³/mol. The molecule has 3 N–H and O–H groups in total. The number of pyridine rings is 1. The van der Waals surface area contributed by atoms with Crippen molar-refractivity contribution in [1.29, 1.82) is 0 Å². The van der Waals surface area contributed by atoms with Gasteiger partial charge in [-0.3, -0.25) is 9.78 Å². The van der Waals surface area contributed by atoms with E-state index in [-0.39, 0.29) is 18.2 Å². The zero-order valence-electron chi connectivity index (χ0n) is 19.8. The van der Waals surface area contributed by atoms with Crippen LogP contribution in [0.15, 0.2) is 67.0 Å². The summed E-state index contributed by atoms with van der Waals surface area (Å²) in [7, 11) is 0. The second kappa shape index (κ2) is 12.2. The number of nitrogens with zero attached hydrogens (tertiary/aromatic N) is 1. The van der Waals surface area contributed by atoms with Crippen LogP contribution in [0.5, 0.6) is 5.75 Å². The van der Waals surface area contributed by atoms with E-state index < -0.39 is 24.6 Å². The van der Waals surface area contributed by atoms with Crippen LogP contribution in [0.3, 0.4) is 0 Å². The van der Waals surface area contributed by atoms with E-state index in [0.717, 1.165) is 27.8 Å². The van der Waals surface area contributed by atoms with E-state index in [0.29, 0.717) is 12.4 Å². The molecule has 0 aliphatic rings. The molecule has 0 saturated carbocycles. The van der Waals surface area contributed by atoms with Gasteiger partial charge in [-0.1, -0.05) is 44.2 Å². The van der Waals surface area contributed by atoms with Crippen molar-refractivity contribution < 1.29 is 29.2 Å². The first kappa shape index (κ1) is 26.1. The third-order valence-electron chi connectivity index (χ3n) is 5.50. The summed E-state index contributed by atoms with van der Waals surface area (Å²) >= 11 is 0. The van der Waals surface area contributed by atoms with Gasteiger partial charge in [0.1, 0.15) is 18.2 Å². The Morgan fingerprint density at radius 2 is 1.89 bits per heavy atom. The molecule has 0 bridgehead atoms. The molecule has 6 nitrogen and oxygen atoms in total. The molecule has 35 heavy (non-hydrogen) atoms. The second-order valence-corrected chi connectivity index (χ2v) is 8.70. The number of aromatic nitrogens is 1. The fourth-order valence-corrected chi connectivity index (χ4v) is 3.76. The van der Waals surface area contributed by atoms with Crippen molar-refractivity contribution >= 4 is 12.0 Å². The molecular weight excluding hydrogens is 449 g/mol. The maximum atomic E-state index is 13.6. The molecule has 3 aromatic rings. The van der Waals surface area contributed by atoms with Crippen LogP contribution >= 0.6 is 0 Å². The molecule has 0 amide bonds. The van der Waals surface area contributed by atoms with Gasteiger partial charge in [-0.2, -0.15) is 0 Å². The van der Waals surface area contributed by atoms with E-state index in [1.165, 1.54) is 18.2 Å². The van der Waals surface area contributed by atoms with Gasteiger partial charge in [0, 0.05) is 24.4 Å². The van der Waals surface area contributed by atoms with Gasteiger partial charge >= 0.3 is 5.97 Å². The van der Waals surface area contributed by atoms with Gasteiger partial charge in [-0.05, 0) is 58.5 Å². The number of aliphatic hydroxyl groups is 2. The third-order valence-corrected chi connectivity index (χ3v) is 5.50. The van der Waals surface area contributed by atoms with E-state index in [2.05, 4.69) is 4.98 Å². The lowest BCUT2D eigenvalue weighted by Crippen LogP contribution is -2.19. The summed E-state index contributed by atoms with van der Waals surface area (Å²) in [6.07, 6.45) is 4.00. The van der Waals surface area contributed by atoms with E-state index in [4.69, 9.17) is 9.84 Å². The van der Waals surface area contributed by atoms with Crippen LogP contribution in [-0.4, -0.2) is 38.5 Å². The number of hydrogen-bond acceptors (Lipinski definition) is 5. The van der Waals surface area contributed by atoms with Gasteiger partial charge in [-0.15, -0.1) is 0 Å². The monoisotopic (exact) mass is 479 g/mol. The van der Waals surface area contributed by atoms with Crippen LogP contribution in [-0.2, 0) is 11.4 Å². The van der Waals surface area contributed by atoms with E-state index in [1.807, 2.05) is 38.1 Å². The van der Waals surface area contributed by atoms with Crippen LogP contribution in [0.25, 0.3) is 17.2 Å². The highest BCUT2D eigenvalue weighted by Crippen LogP contribution is 2.36. The first-order chi connectivity index (χ1) is 16.7. The van der Waals surface area contributed by atoms with Gasteiger partial charge < -0.3 is 20.1 Å². The molecule has 0 aliphatic heterocycles. The van der Waals surface area contributed by atoms with Crippen LogP contribution in [0, 0.1) is 5.82 Å². The lowest BCUT2D eigenvalue weighted by molar-refractivity contribution is -0.139. The summed E-state index contributed by atoms with van der Waals surface area (Å²) in [5.41, 5.74) is 4.29. The summed E-state index contributed by atoms with van der Waals surface area (Å²) in [6, 6.07) is 13.7. The Morgan fingerprint density at radius 3 is 2.51 bits per heavy atom. The fourth-order valence-electron chi connectivity index (χ4n) is 3.76. The minimum Gasteiger partial charge on any atom is -0.489 e. The quantitative estimate of drug-likeness (QED) is 0.350. The zero-order valence-corrected chi connectivity index (χ0v) is 19.8. The van der Waals surface area contributed by atoms with Gasteiger partial charge in [-0.25, -0.2) is 4.39 Å². The Morgan fingerprint density at radius 1 is 1.14 bits per heavy atom. The molecule has 0 spiro atoms. The third kappa shape index (κ3) is 7.73. The summed E-state index contributed by atoms with van der Waals surface area (Å²) in [4.78, 5) is 14.9. The van der Waals surface area contributed by atoms with Crippen molar-refractivity contribution in [2.24, 2.45) is 0 Å². The van der Waals surface area contributed by atoms with E-state index in [1.54, 1.807) is 30.6 Å². The minimum absolute atomic E-state index is 0.0992. The number of halogens is 1. The molecular formula is C28H30FNO5. The number of ether oxygens (including phenoxy) is 1. The number of aliphatic carboxylic acids is 1. The molecule has 2 aromatic carbocycles. The molecule has 1 aromatic heterocycles. The summed E-state index contributed by atoms with van der Waals surface area (Å²) in [5, 5.41) is 29.0.